The zero-order chi connectivity index (χ0) is 22.7. The van der Waals surface area contributed by atoms with Crippen LogP contribution in [0.4, 0.5) is 4.39 Å². The largest absolute Gasteiger partial charge is 0.369 e. The number of Topliss-reactive ketones (excluding diaryl/α,β-unsaturated/α-hetero) is 1. The molecule has 5 nitrogen and oxygen atoms in total. The number of benzene rings is 1. The molecule has 1 aromatic heterocycles. The second-order valence-corrected chi connectivity index (χ2v) is 8.37. The van der Waals surface area contributed by atoms with E-state index >= 15 is 0 Å². The molecule has 1 aromatic carbocycles. The lowest BCUT2D eigenvalue weighted by molar-refractivity contribution is -0.123. The number of aromatic nitrogens is 1. The predicted octanol–water partition coefficient (Wildman–Crippen LogP) is 4.59. The summed E-state index contributed by atoms with van der Waals surface area (Å²) in [6, 6.07) is 4.58. The lowest BCUT2D eigenvalue weighted by Gasteiger charge is -2.47. The van der Waals surface area contributed by atoms with E-state index in [-0.39, 0.29) is 17.5 Å². The molecule has 0 saturated carbocycles. The summed E-state index contributed by atoms with van der Waals surface area (Å²) in [6.45, 7) is 5.57. The summed E-state index contributed by atoms with van der Waals surface area (Å²) in [5, 5.41) is 5.14. The molecule has 32 heavy (non-hydrogen) atoms. The molecule has 0 bridgehead atoms. The molecule has 2 heterocycles. The van der Waals surface area contributed by atoms with Crippen LogP contribution in [-0.4, -0.2) is 47.7 Å². The molecule has 1 aliphatic heterocycles. The Labute approximate surface area is 188 Å². The number of allylic oxidation sites excluding steroid dienone is 2. The number of carbonyl (C=O) groups is 1. The number of carbonyl (C=O) groups excluding carboxylic acids is 1. The molecule has 0 N–H and O–H groups in total. The smallest absolute Gasteiger partial charge is 0.196 e. The Balaban J connectivity index is 1.63. The summed E-state index contributed by atoms with van der Waals surface area (Å²) in [5.41, 5.74) is 1.69. The van der Waals surface area contributed by atoms with Crippen LogP contribution in [0.3, 0.4) is 0 Å². The summed E-state index contributed by atoms with van der Waals surface area (Å²) in [7, 11) is 1.56. The topological polar surface area (TPSA) is 55.6 Å². The van der Waals surface area contributed by atoms with Crippen molar-refractivity contribution in [2.75, 3.05) is 20.2 Å². The zero-order valence-corrected chi connectivity index (χ0v) is 18.8. The van der Waals surface area contributed by atoms with Crippen LogP contribution in [0.25, 0.3) is 11.0 Å². The van der Waals surface area contributed by atoms with Gasteiger partial charge in [-0.05, 0) is 43.9 Å². The van der Waals surface area contributed by atoms with Crippen LogP contribution in [0.15, 0.2) is 40.4 Å². The Morgan fingerprint density at radius 1 is 1.38 bits per heavy atom. The first kappa shape index (κ1) is 22.4. The molecule has 1 saturated heterocycles. The van der Waals surface area contributed by atoms with Gasteiger partial charge in [-0.15, -0.1) is 5.92 Å². The van der Waals surface area contributed by atoms with Crippen molar-refractivity contribution in [2.45, 2.75) is 57.1 Å². The van der Waals surface area contributed by atoms with E-state index in [0.717, 1.165) is 55.4 Å². The van der Waals surface area contributed by atoms with Crippen molar-refractivity contribution >= 4 is 16.8 Å². The molecule has 0 spiro atoms. The summed E-state index contributed by atoms with van der Waals surface area (Å²) in [4.78, 5) is 14.9. The molecule has 2 unspecified atom stereocenters. The summed E-state index contributed by atoms with van der Waals surface area (Å²) in [5.74, 6) is 6.31. The highest BCUT2D eigenvalue weighted by molar-refractivity contribution is 5.94. The Morgan fingerprint density at radius 3 is 2.84 bits per heavy atom. The standard InChI is InChI=1S/C26H28FN2O3/c1-4-13-26(14-5-2,21-7-6-8-22(30)25(21)31-3)29-15-11-18(12-16-29)24-20-10-9-19(27)17-23(20)32-28-24/h6-7,9-10,17-18,25H,4,11-13,15-16H2,1-3H3. The summed E-state index contributed by atoms with van der Waals surface area (Å²) >= 11 is 0. The molecular weight excluding hydrogens is 407 g/mol. The SMILES string of the molecule is CC#CC(CCC)(C1=CC=[C]C(=O)C1OC)N1CCC(c2noc3cc(F)ccc23)CC1. The maximum atomic E-state index is 13.5. The quantitative estimate of drug-likeness (QED) is 0.621. The Kier molecular flexibility index (Phi) is 6.59. The van der Waals surface area contributed by atoms with E-state index in [1.54, 1.807) is 19.3 Å². The van der Waals surface area contributed by atoms with Crippen molar-refractivity contribution in [1.82, 2.24) is 10.1 Å². The fourth-order valence-electron chi connectivity index (χ4n) is 5.13. The second-order valence-electron chi connectivity index (χ2n) is 8.37. The number of methoxy groups -OCH3 is 1. The number of halogens is 1. The van der Waals surface area contributed by atoms with Crippen molar-refractivity contribution < 1.29 is 18.4 Å². The normalized spacial score (nSPS) is 21.8. The third kappa shape index (κ3) is 3.92. The van der Waals surface area contributed by atoms with Crippen LogP contribution >= 0.6 is 0 Å². The Hall–Kier alpha value is -2.75. The molecule has 1 aliphatic carbocycles. The van der Waals surface area contributed by atoms with Gasteiger partial charge in [0.1, 0.15) is 17.5 Å². The first-order valence-electron chi connectivity index (χ1n) is 11.1. The maximum Gasteiger partial charge on any atom is 0.196 e. The molecule has 167 valence electrons. The van der Waals surface area contributed by atoms with Gasteiger partial charge < -0.3 is 9.26 Å². The van der Waals surface area contributed by atoms with Crippen LogP contribution in [0.5, 0.6) is 0 Å². The number of rotatable bonds is 6. The van der Waals surface area contributed by atoms with Crippen LogP contribution in [0.1, 0.15) is 51.1 Å². The fourth-order valence-corrected chi connectivity index (χ4v) is 5.13. The number of likely N-dealkylation sites (tertiary alicyclic amines) is 1. The van der Waals surface area contributed by atoms with Gasteiger partial charge in [0.2, 0.25) is 0 Å². The summed E-state index contributed by atoms with van der Waals surface area (Å²) in [6.07, 6.45) is 9.17. The monoisotopic (exact) mass is 435 g/mol. The van der Waals surface area contributed by atoms with E-state index in [2.05, 4.69) is 34.9 Å². The zero-order valence-electron chi connectivity index (χ0n) is 18.8. The van der Waals surface area contributed by atoms with E-state index in [1.807, 2.05) is 13.0 Å². The average molecular weight is 436 g/mol. The number of hydrogen-bond donors (Lipinski definition) is 0. The number of ketones is 1. The minimum atomic E-state index is -0.667. The van der Waals surface area contributed by atoms with Crippen LogP contribution in [0.2, 0.25) is 0 Å². The molecule has 4 rings (SSSR count). The average Bonchev–Trinajstić information content (AvgIpc) is 3.22. The highest BCUT2D eigenvalue weighted by Gasteiger charge is 2.45. The predicted molar refractivity (Wildman–Crippen MR) is 120 cm³/mol. The van der Waals surface area contributed by atoms with Gasteiger partial charge in [-0.25, -0.2) is 4.39 Å². The third-order valence-corrected chi connectivity index (χ3v) is 6.55. The molecule has 2 aliphatic rings. The van der Waals surface area contributed by atoms with Crippen LogP contribution in [0, 0.1) is 23.7 Å². The molecule has 0 amide bonds. The van der Waals surface area contributed by atoms with Gasteiger partial charge in [0.25, 0.3) is 0 Å². The molecular formula is C26H28FN2O3. The van der Waals surface area contributed by atoms with Crippen molar-refractivity contribution in [3.05, 3.63) is 53.5 Å². The van der Waals surface area contributed by atoms with Gasteiger partial charge in [-0.1, -0.05) is 36.6 Å². The van der Waals surface area contributed by atoms with Crippen LogP contribution < -0.4 is 0 Å². The second kappa shape index (κ2) is 9.40. The van der Waals surface area contributed by atoms with E-state index < -0.39 is 11.6 Å². The van der Waals surface area contributed by atoms with Gasteiger partial charge in [0, 0.05) is 43.6 Å². The first-order chi connectivity index (χ1) is 15.5. The van der Waals surface area contributed by atoms with E-state index in [9.17, 15) is 9.18 Å². The van der Waals surface area contributed by atoms with Gasteiger partial charge >= 0.3 is 0 Å². The van der Waals surface area contributed by atoms with Crippen molar-refractivity contribution in [3.8, 4) is 11.8 Å². The number of piperidine rings is 1. The summed E-state index contributed by atoms with van der Waals surface area (Å²) < 4.78 is 24.5. The number of fused-ring (bicyclic) bond motifs is 1. The van der Waals surface area contributed by atoms with Crippen molar-refractivity contribution in [2.24, 2.45) is 0 Å². The van der Waals surface area contributed by atoms with E-state index in [4.69, 9.17) is 9.26 Å². The van der Waals surface area contributed by atoms with Crippen molar-refractivity contribution in [1.29, 1.82) is 0 Å². The van der Waals surface area contributed by atoms with Gasteiger partial charge in [0.15, 0.2) is 11.4 Å². The highest BCUT2D eigenvalue weighted by atomic mass is 19.1. The maximum absolute atomic E-state index is 13.5. The van der Waals surface area contributed by atoms with Crippen LogP contribution in [-0.2, 0) is 9.53 Å². The lowest BCUT2D eigenvalue weighted by atomic mass is 9.76. The number of ether oxygens (including phenoxy) is 1. The molecule has 1 fully saturated rings. The van der Waals surface area contributed by atoms with Crippen molar-refractivity contribution in [3.63, 3.8) is 0 Å². The number of hydrogen-bond acceptors (Lipinski definition) is 5. The minimum Gasteiger partial charge on any atom is -0.369 e. The van der Waals surface area contributed by atoms with E-state index in [0.29, 0.717) is 5.58 Å². The van der Waals surface area contributed by atoms with Gasteiger partial charge in [0.05, 0.1) is 5.69 Å². The molecule has 2 aromatic rings. The lowest BCUT2D eigenvalue weighted by Crippen LogP contribution is -2.55. The fraction of sp³-hybridized carbons (Fsp3) is 0.462. The Morgan fingerprint density at radius 2 is 2.16 bits per heavy atom. The number of nitrogens with zero attached hydrogens (tertiary/aromatic N) is 2. The van der Waals surface area contributed by atoms with Gasteiger partial charge in [-0.2, -0.15) is 0 Å². The first-order valence-corrected chi connectivity index (χ1v) is 11.1. The molecule has 6 heteroatoms. The molecule has 1 radical (unpaired) electrons. The van der Waals surface area contributed by atoms with E-state index in [1.165, 1.54) is 12.1 Å². The Bertz CT molecular complexity index is 1120. The highest BCUT2D eigenvalue weighted by Crippen LogP contribution is 2.40. The molecule has 2 atom stereocenters. The third-order valence-electron chi connectivity index (χ3n) is 6.55. The minimum absolute atomic E-state index is 0.167. The van der Waals surface area contributed by atoms with Gasteiger partial charge in [-0.3, -0.25) is 9.69 Å².